The number of hydrogen-bond donors (Lipinski definition) is 2. The molecule has 0 saturated carbocycles. The topological polar surface area (TPSA) is 126 Å². The largest absolute Gasteiger partial charge is 0.484 e. The van der Waals surface area contributed by atoms with Crippen LogP contribution in [0.1, 0.15) is 24.1 Å². The molecule has 0 spiro atoms. The van der Waals surface area contributed by atoms with E-state index in [9.17, 15) is 18.0 Å². The highest BCUT2D eigenvalue weighted by atomic mass is 32.2. The summed E-state index contributed by atoms with van der Waals surface area (Å²) >= 11 is 0. The molecular formula is C32H32N4O6S. The summed E-state index contributed by atoms with van der Waals surface area (Å²) in [4.78, 5) is 24.8. The molecule has 0 aliphatic heterocycles. The average molecular weight is 601 g/mol. The number of hydrogen-bond acceptors (Lipinski definition) is 7. The number of sulfonamides is 1. The van der Waals surface area contributed by atoms with E-state index in [1.54, 1.807) is 60.7 Å². The fraction of sp³-hybridized carbons (Fsp3) is 0.156. The van der Waals surface area contributed by atoms with Crippen molar-refractivity contribution in [2.75, 3.05) is 23.7 Å². The van der Waals surface area contributed by atoms with E-state index in [0.29, 0.717) is 28.5 Å². The number of rotatable bonds is 13. The van der Waals surface area contributed by atoms with Crippen LogP contribution in [0.3, 0.4) is 0 Å². The van der Waals surface area contributed by atoms with Crippen molar-refractivity contribution in [2.24, 2.45) is 5.10 Å². The molecule has 0 heterocycles. The van der Waals surface area contributed by atoms with Crippen LogP contribution in [0, 0.1) is 0 Å². The highest BCUT2D eigenvalue weighted by Gasteiger charge is 2.21. The summed E-state index contributed by atoms with van der Waals surface area (Å²) in [5.41, 5.74) is 4.31. The number of nitrogens with one attached hydrogen (secondary N) is 2. The number of para-hydroxylation sites is 1. The quantitative estimate of drug-likeness (QED) is 0.170. The van der Waals surface area contributed by atoms with Crippen LogP contribution in [0.25, 0.3) is 0 Å². The molecular weight excluding hydrogens is 568 g/mol. The maximum absolute atomic E-state index is 12.5. The summed E-state index contributed by atoms with van der Waals surface area (Å²) in [6, 6.07) is 31.8. The maximum atomic E-state index is 12.5. The lowest BCUT2D eigenvalue weighted by Gasteiger charge is -2.21. The van der Waals surface area contributed by atoms with Gasteiger partial charge in [0.1, 0.15) is 23.8 Å². The van der Waals surface area contributed by atoms with Gasteiger partial charge >= 0.3 is 0 Å². The molecule has 0 fully saturated rings. The Labute approximate surface area is 251 Å². The molecule has 0 saturated heterocycles. The van der Waals surface area contributed by atoms with Gasteiger partial charge in [-0.1, -0.05) is 48.5 Å². The number of carbonyl (C=O) groups excluding carboxylic acids is 2. The molecule has 0 aliphatic rings. The maximum Gasteiger partial charge on any atom is 0.260 e. The second-order valence-corrected chi connectivity index (χ2v) is 11.4. The third-order valence-electron chi connectivity index (χ3n) is 6.12. The van der Waals surface area contributed by atoms with Crippen LogP contribution in [0.2, 0.25) is 0 Å². The van der Waals surface area contributed by atoms with Gasteiger partial charge in [-0.2, -0.15) is 5.10 Å². The van der Waals surface area contributed by atoms with Gasteiger partial charge in [0.25, 0.3) is 11.8 Å². The van der Waals surface area contributed by atoms with Crippen molar-refractivity contribution in [2.45, 2.75) is 13.0 Å². The Kier molecular flexibility index (Phi) is 10.5. The molecule has 222 valence electrons. The normalized spacial score (nSPS) is 11.9. The zero-order chi connectivity index (χ0) is 30.7. The second kappa shape index (κ2) is 14.6. The minimum absolute atomic E-state index is 0.139. The van der Waals surface area contributed by atoms with Gasteiger partial charge in [0, 0.05) is 0 Å². The summed E-state index contributed by atoms with van der Waals surface area (Å²) in [7, 11) is -3.76. The van der Waals surface area contributed by atoms with Crippen LogP contribution in [0.4, 0.5) is 5.69 Å². The number of ether oxygens (including phenoxy) is 2. The lowest BCUT2D eigenvalue weighted by molar-refractivity contribution is -0.123. The number of amides is 2. The monoisotopic (exact) mass is 600 g/mol. The Morgan fingerprint density at radius 3 is 2.02 bits per heavy atom. The van der Waals surface area contributed by atoms with E-state index in [2.05, 4.69) is 15.8 Å². The highest BCUT2D eigenvalue weighted by Crippen LogP contribution is 2.25. The Balaban J connectivity index is 1.25. The molecule has 2 N–H and O–H groups in total. The van der Waals surface area contributed by atoms with Crippen LogP contribution in [0.5, 0.6) is 17.2 Å². The molecule has 11 heteroatoms. The van der Waals surface area contributed by atoms with Crippen LogP contribution in [-0.2, 0) is 19.6 Å². The van der Waals surface area contributed by atoms with Gasteiger partial charge in [-0.3, -0.25) is 13.9 Å². The molecule has 0 bridgehead atoms. The van der Waals surface area contributed by atoms with E-state index < -0.39 is 22.5 Å². The summed E-state index contributed by atoms with van der Waals surface area (Å²) in [5, 5.41) is 6.81. The van der Waals surface area contributed by atoms with Gasteiger partial charge in [0.15, 0.2) is 6.61 Å². The standard InChI is InChI=1S/C32H32N4O6S/c1-24(26-9-5-3-6-10-26)34-32(38)23-41-28-17-13-25(14-18-28)21-33-35-31(37)22-36(43(2,39)40)27-15-19-30(20-16-27)42-29-11-7-4-8-12-29/h3-21,24H,22-23H2,1-2H3,(H,34,38)(H,35,37)/b33-21-/t24-/m0/s1. The molecule has 1 atom stereocenters. The molecule has 0 aliphatic carbocycles. The number of benzene rings is 4. The first kappa shape index (κ1) is 30.8. The summed E-state index contributed by atoms with van der Waals surface area (Å²) < 4.78 is 37.1. The molecule has 0 unspecified atom stereocenters. The molecule has 4 aromatic rings. The first-order valence-corrected chi connectivity index (χ1v) is 15.2. The van der Waals surface area contributed by atoms with E-state index in [1.165, 1.54) is 6.21 Å². The molecule has 10 nitrogen and oxygen atoms in total. The SMILES string of the molecule is C[C@H](NC(=O)COc1ccc(/C=N\NC(=O)CN(c2ccc(Oc3ccccc3)cc2)S(C)(=O)=O)cc1)c1ccccc1. The predicted molar refractivity (Wildman–Crippen MR) is 166 cm³/mol. The smallest absolute Gasteiger partial charge is 0.260 e. The predicted octanol–water partition coefficient (Wildman–Crippen LogP) is 4.65. The lowest BCUT2D eigenvalue weighted by atomic mass is 10.1. The minimum atomic E-state index is -3.76. The van der Waals surface area contributed by atoms with Crippen LogP contribution in [-0.4, -0.2) is 45.9 Å². The van der Waals surface area contributed by atoms with Gasteiger partial charge in [-0.05, 0) is 78.7 Å². The van der Waals surface area contributed by atoms with Gasteiger partial charge in [0.2, 0.25) is 10.0 Å². The van der Waals surface area contributed by atoms with Crippen molar-refractivity contribution in [3.05, 3.63) is 120 Å². The van der Waals surface area contributed by atoms with E-state index in [1.807, 2.05) is 55.5 Å². The third kappa shape index (κ3) is 9.72. The van der Waals surface area contributed by atoms with E-state index in [4.69, 9.17) is 9.47 Å². The van der Waals surface area contributed by atoms with Crippen molar-refractivity contribution in [1.82, 2.24) is 10.7 Å². The minimum Gasteiger partial charge on any atom is -0.484 e. The Morgan fingerprint density at radius 2 is 1.40 bits per heavy atom. The van der Waals surface area contributed by atoms with Crippen LogP contribution < -0.4 is 24.5 Å². The van der Waals surface area contributed by atoms with Crippen molar-refractivity contribution >= 4 is 33.7 Å². The first-order valence-electron chi connectivity index (χ1n) is 13.4. The summed E-state index contributed by atoms with van der Waals surface area (Å²) in [6.07, 6.45) is 2.44. The average Bonchev–Trinajstić information content (AvgIpc) is 3.00. The summed E-state index contributed by atoms with van der Waals surface area (Å²) in [5.74, 6) is 0.792. The number of carbonyl (C=O) groups is 2. The van der Waals surface area contributed by atoms with E-state index >= 15 is 0 Å². The van der Waals surface area contributed by atoms with Gasteiger partial charge in [0.05, 0.1) is 24.2 Å². The van der Waals surface area contributed by atoms with Crippen molar-refractivity contribution in [3.63, 3.8) is 0 Å². The van der Waals surface area contributed by atoms with Gasteiger partial charge in [-0.15, -0.1) is 0 Å². The molecule has 2 amide bonds. The van der Waals surface area contributed by atoms with Gasteiger partial charge < -0.3 is 14.8 Å². The Bertz CT molecular complexity index is 1630. The van der Waals surface area contributed by atoms with Crippen molar-refractivity contribution in [1.29, 1.82) is 0 Å². The van der Waals surface area contributed by atoms with Crippen LogP contribution in [0.15, 0.2) is 114 Å². The zero-order valence-corrected chi connectivity index (χ0v) is 24.5. The third-order valence-corrected chi connectivity index (χ3v) is 7.26. The molecule has 0 aromatic heterocycles. The van der Waals surface area contributed by atoms with E-state index in [-0.39, 0.29) is 18.6 Å². The first-order chi connectivity index (χ1) is 20.7. The molecule has 0 radical (unpaired) electrons. The van der Waals surface area contributed by atoms with Crippen molar-refractivity contribution < 1.29 is 27.5 Å². The van der Waals surface area contributed by atoms with Crippen molar-refractivity contribution in [3.8, 4) is 17.2 Å². The fourth-order valence-corrected chi connectivity index (χ4v) is 4.81. The van der Waals surface area contributed by atoms with E-state index in [0.717, 1.165) is 16.1 Å². The Morgan fingerprint density at radius 1 is 0.814 bits per heavy atom. The molecule has 43 heavy (non-hydrogen) atoms. The second-order valence-electron chi connectivity index (χ2n) is 9.53. The molecule has 4 aromatic carbocycles. The zero-order valence-electron chi connectivity index (χ0n) is 23.7. The van der Waals surface area contributed by atoms with Gasteiger partial charge in [-0.25, -0.2) is 13.8 Å². The number of anilines is 1. The highest BCUT2D eigenvalue weighted by molar-refractivity contribution is 7.92. The Hall–Kier alpha value is -5.16. The fourth-order valence-electron chi connectivity index (χ4n) is 3.96. The van der Waals surface area contributed by atoms with Crippen LogP contribution >= 0.6 is 0 Å². The number of hydrazone groups is 1. The lowest BCUT2D eigenvalue weighted by Crippen LogP contribution is -2.38. The summed E-state index contributed by atoms with van der Waals surface area (Å²) in [6.45, 7) is 1.30. The molecule has 4 rings (SSSR count). The number of nitrogens with zero attached hydrogens (tertiary/aromatic N) is 2.